The summed E-state index contributed by atoms with van der Waals surface area (Å²) in [6.07, 6.45) is 0. The molecular weight excluding hydrogens is 347 g/mol. The Bertz CT molecular complexity index is 69.0. The average Bonchev–Trinajstić information content (AvgIpc) is 1.69. The van der Waals surface area contributed by atoms with Crippen molar-refractivity contribution in [2.75, 3.05) is 0 Å². The first-order valence-corrected chi connectivity index (χ1v) is 2.99. The zero-order valence-corrected chi connectivity index (χ0v) is 12.2. The summed E-state index contributed by atoms with van der Waals surface area (Å²) in [6.45, 7) is 14.3. The molecule has 0 amide bonds. The number of rotatable bonds is 0. The molecule has 0 unspecified atom stereocenters. The van der Waals surface area contributed by atoms with Gasteiger partial charge in [0, 0.05) is 18.6 Å². The standard InChI is InChI=1S/C7H15.CHO.V.W/c1-6(2)7(3,4)5;1-2;;/h1-5H3;1H;;/q2*-1;;+2. The number of carbonyl (C=O) groups excluding carboxylic acids is 1. The van der Waals surface area contributed by atoms with Crippen molar-refractivity contribution < 1.29 is 44.4 Å². The fourth-order valence-electron chi connectivity index (χ4n) is 0. The molecule has 0 bridgehead atoms. The van der Waals surface area contributed by atoms with E-state index in [1.165, 1.54) is 5.92 Å². The second-order valence-corrected chi connectivity index (χ2v) is 3.25. The third kappa shape index (κ3) is 18.2. The van der Waals surface area contributed by atoms with Gasteiger partial charge < -0.3 is 10.7 Å². The summed E-state index contributed by atoms with van der Waals surface area (Å²) in [5.41, 5.74) is 0.417. The molecule has 0 aromatic carbocycles. The molecule has 0 atom stereocenters. The van der Waals surface area contributed by atoms with E-state index in [9.17, 15) is 0 Å². The van der Waals surface area contributed by atoms with Gasteiger partial charge in [0.2, 0.25) is 0 Å². The zero-order chi connectivity index (χ0) is 8.08. The van der Waals surface area contributed by atoms with E-state index < -0.39 is 0 Å². The zero-order valence-electron chi connectivity index (χ0n) is 7.84. The first-order chi connectivity index (χ1) is 3.94. The SMILES string of the molecule is C[C-](C)C(C)(C)C.[CH-]=O.[V].[W+2]. The van der Waals surface area contributed by atoms with Gasteiger partial charge in [-0.15, -0.1) is 0 Å². The van der Waals surface area contributed by atoms with E-state index in [2.05, 4.69) is 41.4 Å². The van der Waals surface area contributed by atoms with Crippen LogP contribution in [0.25, 0.3) is 0 Å². The van der Waals surface area contributed by atoms with Crippen LogP contribution in [0, 0.1) is 11.3 Å². The van der Waals surface area contributed by atoms with Crippen LogP contribution in [0.5, 0.6) is 0 Å². The fraction of sp³-hybridized carbons (Fsp3) is 0.750. The molecule has 0 aliphatic rings. The monoisotopic (exact) mass is 363 g/mol. The third-order valence-electron chi connectivity index (χ3n) is 1.50. The minimum Gasteiger partial charge on any atom is -0.545 e. The van der Waals surface area contributed by atoms with Crippen molar-refractivity contribution in [3.05, 3.63) is 5.92 Å². The number of hydrogen-bond acceptors (Lipinski definition) is 1. The Labute approximate surface area is 96.9 Å². The van der Waals surface area contributed by atoms with Crippen molar-refractivity contribution in [3.63, 3.8) is 0 Å². The van der Waals surface area contributed by atoms with E-state index in [4.69, 9.17) is 4.79 Å². The fourth-order valence-corrected chi connectivity index (χ4v) is 0. The first kappa shape index (κ1) is 22.7. The van der Waals surface area contributed by atoms with Gasteiger partial charge in [0.25, 0.3) is 0 Å². The van der Waals surface area contributed by atoms with Gasteiger partial charge >= 0.3 is 21.1 Å². The maximum atomic E-state index is 7.75. The maximum Gasteiger partial charge on any atom is 2.00 e. The van der Waals surface area contributed by atoms with Crippen LogP contribution in [0.4, 0.5) is 0 Å². The summed E-state index contributed by atoms with van der Waals surface area (Å²) >= 11 is 0. The average molecular weight is 363 g/mol. The molecule has 0 fully saturated rings. The van der Waals surface area contributed by atoms with Crippen molar-refractivity contribution in [1.29, 1.82) is 0 Å². The molecule has 0 rings (SSSR count). The molecule has 0 N–H and O–H groups in total. The van der Waals surface area contributed by atoms with E-state index in [1.807, 2.05) is 0 Å². The van der Waals surface area contributed by atoms with E-state index in [0.717, 1.165) is 0 Å². The van der Waals surface area contributed by atoms with Gasteiger partial charge in [-0.2, -0.15) is 19.3 Å². The first-order valence-electron chi connectivity index (χ1n) is 2.99. The minimum atomic E-state index is 0. The molecule has 0 saturated heterocycles. The Hall–Kier alpha value is 0.943. The van der Waals surface area contributed by atoms with Crippen molar-refractivity contribution in [1.82, 2.24) is 0 Å². The second-order valence-electron chi connectivity index (χ2n) is 3.25. The molecule has 0 saturated carbocycles. The second kappa shape index (κ2) is 10.9. The van der Waals surface area contributed by atoms with Crippen LogP contribution in [0.2, 0.25) is 0 Å². The molecule has 1 radical (unpaired) electrons. The van der Waals surface area contributed by atoms with E-state index in [-0.39, 0.29) is 39.6 Å². The van der Waals surface area contributed by atoms with Gasteiger partial charge in [0.15, 0.2) is 0 Å². The topological polar surface area (TPSA) is 17.1 Å². The Kier molecular flexibility index (Phi) is 22.6. The van der Waals surface area contributed by atoms with E-state index >= 15 is 0 Å². The Morgan fingerprint density at radius 3 is 1.18 bits per heavy atom. The molecular formula is C8H16OVW. The summed E-state index contributed by atoms with van der Waals surface area (Å²) in [5, 5.41) is 0. The molecule has 0 aliphatic carbocycles. The molecule has 0 heterocycles. The van der Waals surface area contributed by atoms with Crippen LogP contribution in [-0.4, -0.2) is 6.79 Å². The van der Waals surface area contributed by atoms with Crippen LogP contribution in [0.3, 0.4) is 0 Å². The molecule has 65 valence electrons. The normalized spacial score (nSPS) is 8.55. The Balaban J connectivity index is -0.0000000564. The van der Waals surface area contributed by atoms with Gasteiger partial charge in [-0.3, -0.25) is 6.79 Å². The molecule has 1 nitrogen and oxygen atoms in total. The smallest absolute Gasteiger partial charge is 0.545 e. The Morgan fingerprint density at radius 2 is 1.18 bits per heavy atom. The predicted molar refractivity (Wildman–Crippen MR) is 40.8 cm³/mol. The van der Waals surface area contributed by atoms with Gasteiger partial charge in [0.1, 0.15) is 0 Å². The molecule has 11 heavy (non-hydrogen) atoms. The molecule has 3 heteroatoms. The van der Waals surface area contributed by atoms with Gasteiger partial charge in [-0.1, -0.05) is 20.8 Å². The Morgan fingerprint density at radius 1 is 1.09 bits per heavy atom. The largest absolute Gasteiger partial charge is 2.00 e. The van der Waals surface area contributed by atoms with Crippen LogP contribution >= 0.6 is 0 Å². The summed E-state index contributed by atoms with van der Waals surface area (Å²) in [4.78, 5) is 7.75. The summed E-state index contributed by atoms with van der Waals surface area (Å²) in [6, 6.07) is 0. The quantitative estimate of drug-likeness (QED) is 0.477. The van der Waals surface area contributed by atoms with Crippen molar-refractivity contribution in [2.45, 2.75) is 34.6 Å². The van der Waals surface area contributed by atoms with Gasteiger partial charge in [-0.05, 0) is 0 Å². The van der Waals surface area contributed by atoms with Crippen LogP contribution in [0.1, 0.15) is 34.6 Å². The van der Waals surface area contributed by atoms with E-state index in [1.54, 1.807) is 0 Å². The van der Waals surface area contributed by atoms with Crippen LogP contribution in [0.15, 0.2) is 0 Å². The third-order valence-corrected chi connectivity index (χ3v) is 1.50. The molecule has 0 spiro atoms. The van der Waals surface area contributed by atoms with Crippen LogP contribution < -0.4 is 0 Å². The summed E-state index contributed by atoms with van der Waals surface area (Å²) in [7, 11) is 0. The summed E-state index contributed by atoms with van der Waals surface area (Å²) in [5.74, 6) is 1.49. The van der Waals surface area contributed by atoms with Gasteiger partial charge in [0.05, 0.1) is 0 Å². The maximum absolute atomic E-state index is 7.75. The van der Waals surface area contributed by atoms with Crippen LogP contribution in [-0.2, 0) is 44.4 Å². The molecule has 0 aromatic heterocycles. The van der Waals surface area contributed by atoms with E-state index in [0.29, 0.717) is 5.41 Å². The summed E-state index contributed by atoms with van der Waals surface area (Å²) < 4.78 is 0. The van der Waals surface area contributed by atoms with Crippen molar-refractivity contribution >= 4 is 6.79 Å². The molecule has 0 aliphatic heterocycles. The van der Waals surface area contributed by atoms with Crippen molar-refractivity contribution in [2.24, 2.45) is 5.41 Å². The molecule has 0 aromatic rings. The van der Waals surface area contributed by atoms with Gasteiger partial charge in [-0.25, -0.2) is 0 Å². The van der Waals surface area contributed by atoms with Crippen molar-refractivity contribution in [3.8, 4) is 0 Å². The number of hydrogen-bond donors (Lipinski definition) is 0. The minimum absolute atomic E-state index is 0. The predicted octanol–water partition coefficient (Wildman–Crippen LogP) is 2.37.